The lowest BCUT2D eigenvalue weighted by Gasteiger charge is -2.00. The van der Waals surface area contributed by atoms with Crippen LogP contribution in [0.15, 0.2) is 87.0 Å². The molecule has 0 fully saturated rings. The number of benzene rings is 2. The molecule has 0 saturated carbocycles. The first-order chi connectivity index (χ1) is 8.45. The summed E-state index contributed by atoms with van der Waals surface area (Å²) in [6, 6.07) is 21.1. The molecular weight excluding hydrogens is 204 g/mol. The Morgan fingerprint density at radius 3 is 1.12 bits per heavy atom. The summed E-state index contributed by atoms with van der Waals surface area (Å²) in [5, 5.41) is 0. The van der Waals surface area contributed by atoms with Crippen LogP contribution in [0, 0.1) is 0 Å². The predicted octanol–water partition coefficient (Wildman–Crippen LogP) is 4.88. The van der Waals surface area contributed by atoms with Crippen LogP contribution >= 0.6 is 0 Å². The minimum atomic E-state index is 1.03. The molecule has 88 valence electrons. The number of hydrogen-bond donors (Lipinski definition) is 0. The van der Waals surface area contributed by atoms with Crippen molar-refractivity contribution in [1.82, 2.24) is 0 Å². The lowest BCUT2D eigenvalue weighted by atomic mass is 10.1. The summed E-state index contributed by atoms with van der Waals surface area (Å²) in [7, 11) is 0. The average Bonchev–Trinajstić information content (AvgIpc) is 2.45. The fourth-order valence-electron chi connectivity index (χ4n) is 1.43. The third-order valence-corrected chi connectivity index (χ3v) is 2.09. The minimum Gasteiger partial charge on any atom is -0.106 e. The van der Waals surface area contributed by atoms with Gasteiger partial charge in [0.2, 0.25) is 0 Å². The Kier molecular flexibility index (Phi) is 9.16. The molecule has 0 atom stereocenters. The van der Waals surface area contributed by atoms with Gasteiger partial charge in [0.25, 0.3) is 0 Å². The first-order valence-electron chi connectivity index (χ1n) is 5.53. The molecule has 17 heavy (non-hydrogen) atoms. The number of rotatable bonds is 2. The van der Waals surface area contributed by atoms with Crippen molar-refractivity contribution in [3.63, 3.8) is 0 Å². The lowest BCUT2D eigenvalue weighted by molar-refractivity contribution is 1.19. The first-order valence-corrected chi connectivity index (χ1v) is 5.53. The van der Waals surface area contributed by atoms with Gasteiger partial charge in [-0.25, -0.2) is 0 Å². The van der Waals surface area contributed by atoms with E-state index in [-0.39, 0.29) is 0 Å². The number of hydrogen-bond acceptors (Lipinski definition) is 0. The average molecular weight is 224 g/mol. The van der Waals surface area contributed by atoms with Crippen molar-refractivity contribution in [2.75, 3.05) is 0 Å². The topological polar surface area (TPSA) is 0 Å². The van der Waals surface area contributed by atoms with Gasteiger partial charge in [0.1, 0.15) is 0 Å². The van der Waals surface area contributed by atoms with Crippen molar-refractivity contribution in [2.45, 2.75) is 6.42 Å². The molecule has 2 aromatic carbocycles. The molecule has 0 aliphatic carbocycles. The van der Waals surface area contributed by atoms with E-state index in [0.717, 1.165) is 6.42 Å². The van der Waals surface area contributed by atoms with E-state index in [1.54, 1.807) is 0 Å². The fourth-order valence-corrected chi connectivity index (χ4v) is 1.43. The van der Waals surface area contributed by atoms with Gasteiger partial charge in [0.05, 0.1) is 0 Å². The molecule has 0 aliphatic heterocycles. The van der Waals surface area contributed by atoms with E-state index in [0.29, 0.717) is 0 Å². The van der Waals surface area contributed by atoms with Gasteiger partial charge < -0.3 is 0 Å². The zero-order valence-corrected chi connectivity index (χ0v) is 10.3. The standard InChI is InChI=1S/C13H12.2C2H4/c1-3-7-12(8-4-1)11-13-9-5-2-6-10-13;2*1-2/h1-10H,11H2;2*1-2H2. The molecule has 0 heterocycles. The Morgan fingerprint density at radius 2 is 0.824 bits per heavy atom. The Hall–Kier alpha value is -2.08. The van der Waals surface area contributed by atoms with Crippen LogP contribution in [-0.2, 0) is 6.42 Å². The third-order valence-electron chi connectivity index (χ3n) is 2.09. The van der Waals surface area contributed by atoms with Crippen LogP contribution in [-0.4, -0.2) is 0 Å². The van der Waals surface area contributed by atoms with Crippen molar-refractivity contribution in [3.8, 4) is 0 Å². The van der Waals surface area contributed by atoms with Crippen LogP contribution in [0.4, 0.5) is 0 Å². The van der Waals surface area contributed by atoms with Gasteiger partial charge in [-0.3, -0.25) is 0 Å². The van der Waals surface area contributed by atoms with Crippen molar-refractivity contribution < 1.29 is 0 Å². The van der Waals surface area contributed by atoms with Crippen LogP contribution in [0.25, 0.3) is 0 Å². The van der Waals surface area contributed by atoms with Gasteiger partial charge in [-0.15, -0.1) is 26.3 Å². The zero-order valence-electron chi connectivity index (χ0n) is 10.3. The van der Waals surface area contributed by atoms with Crippen molar-refractivity contribution in [1.29, 1.82) is 0 Å². The second kappa shape index (κ2) is 10.4. The van der Waals surface area contributed by atoms with Crippen LogP contribution in [0.2, 0.25) is 0 Å². The predicted molar refractivity (Wildman–Crippen MR) is 78.2 cm³/mol. The monoisotopic (exact) mass is 224 g/mol. The van der Waals surface area contributed by atoms with E-state index in [4.69, 9.17) is 0 Å². The van der Waals surface area contributed by atoms with Crippen LogP contribution in [0.3, 0.4) is 0 Å². The first kappa shape index (κ1) is 14.9. The summed E-state index contributed by atoms with van der Waals surface area (Å²) in [5.74, 6) is 0. The summed E-state index contributed by atoms with van der Waals surface area (Å²) in [6.45, 7) is 12.0. The highest BCUT2D eigenvalue weighted by Gasteiger charge is 1.92. The zero-order chi connectivity index (χ0) is 12.9. The molecule has 0 heteroatoms. The highest BCUT2D eigenvalue weighted by atomic mass is 14.0. The van der Waals surface area contributed by atoms with Gasteiger partial charge in [-0.2, -0.15) is 0 Å². The van der Waals surface area contributed by atoms with Crippen LogP contribution < -0.4 is 0 Å². The van der Waals surface area contributed by atoms with Gasteiger partial charge >= 0.3 is 0 Å². The maximum atomic E-state index is 3.00. The summed E-state index contributed by atoms with van der Waals surface area (Å²) >= 11 is 0. The maximum Gasteiger partial charge on any atom is -0.00258 e. The Balaban J connectivity index is 0.000000581. The summed E-state index contributed by atoms with van der Waals surface area (Å²) in [5.41, 5.74) is 2.74. The quantitative estimate of drug-likeness (QED) is 0.638. The lowest BCUT2D eigenvalue weighted by Crippen LogP contribution is -1.85. The molecule has 2 rings (SSSR count). The van der Waals surface area contributed by atoms with E-state index in [9.17, 15) is 0 Å². The van der Waals surface area contributed by atoms with E-state index in [1.807, 2.05) is 0 Å². The van der Waals surface area contributed by atoms with E-state index in [2.05, 4.69) is 87.0 Å². The van der Waals surface area contributed by atoms with Gasteiger partial charge in [-0.05, 0) is 17.5 Å². The SMILES string of the molecule is C=C.C=C.c1ccc(Cc2ccccc2)cc1. The molecule has 0 unspecified atom stereocenters. The molecule has 0 spiro atoms. The second-order valence-electron chi connectivity index (χ2n) is 3.15. The van der Waals surface area contributed by atoms with Crippen LogP contribution in [0.1, 0.15) is 11.1 Å². The molecule has 0 saturated heterocycles. The van der Waals surface area contributed by atoms with Gasteiger partial charge in [0, 0.05) is 0 Å². The Bertz CT molecular complexity index is 336. The van der Waals surface area contributed by atoms with Crippen molar-refractivity contribution in [3.05, 3.63) is 98.1 Å². The Labute approximate surface area is 105 Å². The van der Waals surface area contributed by atoms with Crippen molar-refractivity contribution in [2.24, 2.45) is 0 Å². The summed E-state index contributed by atoms with van der Waals surface area (Å²) in [4.78, 5) is 0. The highest BCUT2D eigenvalue weighted by Crippen LogP contribution is 2.07. The molecule has 0 aliphatic rings. The maximum absolute atomic E-state index is 3.00. The summed E-state index contributed by atoms with van der Waals surface area (Å²) < 4.78 is 0. The second-order valence-corrected chi connectivity index (χ2v) is 3.15. The highest BCUT2D eigenvalue weighted by molar-refractivity contribution is 5.25. The molecule has 2 aromatic rings. The minimum absolute atomic E-state index is 1.03. The van der Waals surface area contributed by atoms with Crippen LogP contribution in [0.5, 0.6) is 0 Å². The van der Waals surface area contributed by atoms with E-state index < -0.39 is 0 Å². The molecule has 0 radical (unpaired) electrons. The molecule has 0 aromatic heterocycles. The van der Waals surface area contributed by atoms with Gasteiger partial charge in [0.15, 0.2) is 0 Å². The Morgan fingerprint density at radius 1 is 0.529 bits per heavy atom. The van der Waals surface area contributed by atoms with E-state index >= 15 is 0 Å². The molecular formula is C17H20. The molecule has 0 N–H and O–H groups in total. The molecule has 0 bridgehead atoms. The molecule has 0 nitrogen and oxygen atoms in total. The molecule has 0 amide bonds. The van der Waals surface area contributed by atoms with Gasteiger partial charge in [-0.1, -0.05) is 60.7 Å². The van der Waals surface area contributed by atoms with E-state index in [1.165, 1.54) is 11.1 Å². The third kappa shape index (κ3) is 6.16. The normalized spacial score (nSPS) is 8.00. The fraction of sp³-hybridized carbons (Fsp3) is 0.0588. The largest absolute Gasteiger partial charge is 0.106 e. The van der Waals surface area contributed by atoms with Crippen molar-refractivity contribution >= 4 is 0 Å². The smallest absolute Gasteiger partial charge is 0.00258 e. The summed E-state index contributed by atoms with van der Waals surface area (Å²) in [6.07, 6.45) is 1.03.